The van der Waals surface area contributed by atoms with Gasteiger partial charge in [0.15, 0.2) is 11.6 Å². The van der Waals surface area contributed by atoms with Crippen LogP contribution in [0.15, 0.2) is 103 Å². The average molecular weight is 560 g/mol. The Kier molecular flexibility index (Phi) is 5.65. The Bertz CT molecular complexity index is 1850. The molecule has 0 bridgehead atoms. The van der Waals surface area contributed by atoms with Crippen LogP contribution in [0.5, 0.6) is 0 Å². The molecule has 3 heterocycles. The Morgan fingerprint density at radius 2 is 1.62 bits per heavy atom. The van der Waals surface area contributed by atoms with Gasteiger partial charge in [0, 0.05) is 35.1 Å². The van der Waals surface area contributed by atoms with Gasteiger partial charge in [0.05, 0.1) is 16.9 Å². The number of nitrogens with zero attached hydrogens (tertiary/aromatic N) is 2. The maximum absolute atomic E-state index is 14.6. The maximum atomic E-state index is 14.6. The lowest BCUT2D eigenvalue weighted by Gasteiger charge is -2.38. The number of carbonyl (C=O) groups excluding carboxylic acids is 3. The first-order valence-corrected chi connectivity index (χ1v) is 13.4. The first-order valence-electron chi connectivity index (χ1n) is 13.4. The lowest BCUT2D eigenvalue weighted by Crippen LogP contribution is -2.49. The van der Waals surface area contributed by atoms with Crippen molar-refractivity contribution in [1.82, 2.24) is 4.90 Å². The van der Waals surface area contributed by atoms with Gasteiger partial charge in [0.25, 0.3) is 5.69 Å². The zero-order valence-corrected chi connectivity index (χ0v) is 21.9. The summed E-state index contributed by atoms with van der Waals surface area (Å²) in [6.07, 6.45) is 3.55. The van der Waals surface area contributed by atoms with Gasteiger partial charge < -0.3 is 10.2 Å². The van der Waals surface area contributed by atoms with Crippen molar-refractivity contribution >= 4 is 34.9 Å². The molecule has 8 nitrogen and oxygen atoms in total. The Morgan fingerprint density at radius 1 is 0.881 bits per heavy atom. The summed E-state index contributed by atoms with van der Waals surface area (Å²) in [5, 5.41) is 14.5. The smallest absolute Gasteiger partial charge is 0.270 e. The number of nitro groups is 1. The van der Waals surface area contributed by atoms with E-state index in [-0.39, 0.29) is 16.8 Å². The molecule has 42 heavy (non-hydrogen) atoms. The van der Waals surface area contributed by atoms with Crippen LogP contribution in [0.4, 0.5) is 15.8 Å². The molecule has 0 saturated carbocycles. The van der Waals surface area contributed by atoms with Crippen LogP contribution >= 0.6 is 0 Å². The summed E-state index contributed by atoms with van der Waals surface area (Å²) in [6.45, 7) is 0. The van der Waals surface area contributed by atoms with Gasteiger partial charge in [0.2, 0.25) is 5.91 Å². The molecule has 3 aliphatic rings. The Labute approximate surface area is 239 Å². The van der Waals surface area contributed by atoms with Crippen molar-refractivity contribution in [3.8, 4) is 0 Å². The minimum Gasteiger partial charge on any atom is -0.358 e. The van der Waals surface area contributed by atoms with E-state index in [9.17, 15) is 28.9 Å². The van der Waals surface area contributed by atoms with Crippen molar-refractivity contribution < 1.29 is 23.7 Å². The van der Waals surface area contributed by atoms with Crippen LogP contribution < -0.4 is 5.32 Å². The van der Waals surface area contributed by atoms with Crippen LogP contribution in [0.2, 0.25) is 0 Å². The second-order valence-corrected chi connectivity index (χ2v) is 10.6. The number of fused-ring (bicyclic) bond motifs is 6. The van der Waals surface area contributed by atoms with Crippen molar-refractivity contribution in [3.05, 3.63) is 147 Å². The quantitative estimate of drug-likeness (QED) is 0.190. The molecule has 1 amide bonds. The summed E-state index contributed by atoms with van der Waals surface area (Å²) < 4.78 is 13.9. The molecule has 4 aromatic rings. The summed E-state index contributed by atoms with van der Waals surface area (Å²) >= 11 is 0. The number of hydrogen-bond acceptors (Lipinski definition) is 6. The third-order valence-electron chi connectivity index (χ3n) is 8.59. The number of carbonyl (C=O) groups is 3. The van der Waals surface area contributed by atoms with Crippen molar-refractivity contribution in [2.45, 2.75) is 17.5 Å². The molecule has 1 N–H and O–H groups in total. The van der Waals surface area contributed by atoms with E-state index < -0.39 is 51.6 Å². The largest absolute Gasteiger partial charge is 0.358 e. The van der Waals surface area contributed by atoms with Crippen molar-refractivity contribution in [1.29, 1.82) is 0 Å². The molecule has 1 saturated heterocycles. The molecule has 0 unspecified atom stereocenters. The van der Waals surface area contributed by atoms with Crippen LogP contribution in [-0.4, -0.2) is 33.3 Å². The number of anilines is 1. The summed E-state index contributed by atoms with van der Waals surface area (Å²) in [5.41, 5.74) is 1.08. The van der Waals surface area contributed by atoms with Gasteiger partial charge in [-0.3, -0.25) is 24.5 Å². The fourth-order valence-corrected chi connectivity index (χ4v) is 6.90. The number of nitrogens with one attached hydrogen (secondary N) is 1. The van der Waals surface area contributed by atoms with E-state index in [1.807, 2.05) is 30.3 Å². The third-order valence-corrected chi connectivity index (χ3v) is 8.59. The van der Waals surface area contributed by atoms with Crippen LogP contribution in [0.25, 0.3) is 6.08 Å². The maximum Gasteiger partial charge on any atom is 0.270 e. The van der Waals surface area contributed by atoms with Gasteiger partial charge in [-0.05, 0) is 53.1 Å². The predicted molar refractivity (Wildman–Crippen MR) is 152 cm³/mol. The second kappa shape index (κ2) is 9.31. The first-order chi connectivity index (χ1) is 20.3. The minimum atomic E-state index is -1.55. The van der Waals surface area contributed by atoms with Crippen molar-refractivity contribution in [2.24, 2.45) is 5.92 Å². The Hall–Kier alpha value is -5.44. The standard InChI is InChI=1S/C33H22FN3O5/c34-22-14-12-20(13-15-22)29(38)27-28(30(39)21-7-5-8-23(18-21)37(41)42)36-17-16-19-6-1-2-9-24(19)31(36)33(27)25-10-3-4-11-26(25)35-32(33)40/h1-18,27-28,31H,(H,35,40)/t27-,28+,31+,33-/m1/s1. The Balaban J connectivity index is 1.53. The van der Waals surface area contributed by atoms with Gasteiger partial charge >= 0.3 is 0 Å². The number of benzene rings is 4. The monoisotopic (exact) mass is 559 g/mol. The molecule has 1 fully saturated rings. The fraction of sp³-hybridized carbons (Fsp3) is 0.121. The number of Topliss-reactive ketones (excluding diaryl/α,β-unsaturated/α-hetero) is 2. The minimum absolute atomic E-state index is 0.0425. The molecular weight excluding hydrogens is 537 g/mol. The van der Waals surface area contributed by atoms with Gasteiger partial charge in [-0.25, -0.2) is 4.39 Å². The van der Waals surface area contributed by atoms with E-state index in [2.05, 4.69) is 5.32 Å². The molecule has 4 atom stereocenters. The SMILES string of the molecule is O=C(c1cccc([N+](=O)[O-])c1)[C@@H]1[C@H](C(=O)c2ccc(F)cc2)[C@@]2(C(=O)Nc3ccccc32)[C@@H]2c3ccccc3C=CN12. The summed E-state index contributed by atoms with van der Waals surface area (Å²) in [6, 6.07) is 23.0. The normalized spacial score (nSPS) is 23.2. The lowest BCUT2D eigenvalue weighted by molar-refractivity contribution is -0.384. The first kappa shape index (κ1) is 25.5. The van der Waals surface area contributed by atoms with Crippen molar-refractivity contribution in [3.63, 3.8) is 0 Å². The van der Waals surface area contributed by atoms with E-state index in [0.29, 0.717) is 11.3 Å². The number of non-ortho nitro benzene ring substituents is 1. The van der Waals surface area contributed by atoms with E-state index in [0.717, 1.165) is 23.3 Å². The predicted octanol–water partition coefficient (Wildman–Crippen LogP) is 5.72. The zero-order valence-electron chi connectivity index (χ0n) is 21.9. The van der Waals surface area contributed by atoms with E-state index in [1.54, 1.807) is 35.4 Å². The van der Waals surface area contributed by atoms with E-state index >= 15 is 0 Å². The summed E-state index contributed by atoms with van der Waals surface area (Å²) in [7, 11) is 0. The van der Waals surface area contributed by atoms with E-state index in [4.69, 9.17) is 0 Å². The average Bonchev–Trinajstić information content (AvgIpc) is 3.49. The van der Waals surface area contributed by atoms with Gasteiger partial charge in [-0.2, -0.15) is 0 Å². The number of rotatable bonds is 5. The highest BCUT2D eigenvalue weighted by Crippen LogP contribution is 2.62. The number of para-hydroxylation sites is 1. The molecule has 7 rings (SSSR count). The Morgan fingerprint density at radius 3 is 2.40 bits per heavy atom. The molecular formula is C33H22FN3O5. The molecule has 4 aromatic carbocycles. The van der Waals surface area contributed by atoms with Crippen LogP contribution in [0.1, 0.15) is 43.4 Å². The second-order valence-electron chi connectivity index (χ2n) is 10.6. The van der Waals surface area contributed by atoms with Crippen LogP contribution in [-0.2, 0) is 10.2 Å². The molecule has 0 aliphatic carbocycles. The van der Waals surface area contributed by atoms with E-state index in [1.165, 1.54) is 36.4 Å². The fourth-order valence-electron chi connectivity index (χ4n) is 6.90. The topological polar surface area (TPSA) is 110 Å². The molecule has 3 aliphatic heterocycles. The highest BCUT2D eigenvalue weighted by Gasteiger charge is 2.70. The highest BCUT2D eigenvalue weighted by molar-refractivity contribution is 6.16. The number of hydrogen-bond donors (Lipinski definition) is 1. The lowest BCUT2D eigenvalue weighted by atomic mass is 9.62. The number of ketones is 2. The van der Waals surface area contributed by atoms with Crippen LogP contribution in [0.3, 0.4) is 0 Å². The number of nitro benzene ring substituents is 1. The highest BCUT2D eigenvalue weighted by atomic mass is 19.1. The third kappa shape index (κ3) is 3.49. The summed E-state index contributed by atoms with van der Waals surface area (Å²) in [4.78, 5) is 56.3. The summed E-state index contributed by atoms with van der Waals surface area (Å²) in [5.74, 6) is -3.28. The van der Waals surface area contributed by atoms with Crippen LogP contribution in [0, 0.1) is 21.8 Å². The molecule has 1 spiro atoms. The molecule has 206 valence electrons. The van der Waals surface area contributed by atoms with Gasteiger partial charge in [-0.1, -0.05) is 54.6 Å². The van der Waals surface area contributed by atoms with Crippen molar-refractivity contribution in [2.75, 3.05) is 5.32 Å². The van der Waals surface area contributed by atoms with Gasteiger partial charge in [0.1, 0.15) is 17.3 Å². The number of halogens is 1. The zero-order chi connectivity index (χ0) is 29.2. The van der Waals surface area contributed by atoms with Gasteiger partial charge in [-0.15, -0.1) is 0 Å². The molecule has 0 aromatic heterocycles. The molecule has 9 heteroatoms. The number of amides is 1. The molecule has 0 radical (unpaired) electrons.